The van der Waals surface area contributed by atoms with Crippen molar-refractivity contribution in [2.24, 2.45) is 0 Å². The van der Waals surface area contributed by atoms with E-state index in [9.17, 15) is 0 Å². The number of nitrogens with zero attached hydrogens (tertiary/aromatic N) is 1. The number of aromatic nitrogens is 1. The van der Waals surface area contributed by atoms with E-state index >= 15 is 0 Å². The molecule has 0 unspecified atom stereocenters. The molecule has 2 aromatic rings. The first-order chi connectivity index (χ1) is 8.65. The monoisotopic (exact) mass is 240 g/mol. The van der Waals surface area contributed by atoms with E-state index in [0.717, 1.165) is 18.8 Å². The van der Waals surface area contributed by atoms with Crippen molar-refractivity contribution in [2.45, 2.75) is 33.9 Å². The minimum Gasteiger partial charge on any atom is -0.309 e. The van der Waals surface area contributed by atoms with Crippen LogP contribution in [0, 0.1) is 20.8 Å². The van der Waals surface area contributed by atoms with Crippen LogP contribution in [0.15, 0.2) is 36.5 Å². The first-order valence-electron chi connectivity index (χ1n) is 6.33. The molecule has 2 nitrogen and oxygen atoms in total. The summed E-state index contributed by atoms with van der Waals surface area (Å²) in [6, 6.07) is 10.8. The quantitative estimate of drug-likeness (QED) is 0.887. The van der Waals surface area contributed by atoms with Crippen molar-refractivity contribution < 1.29 is 0 Å². The Morgan fingerprint density at radius 1 is 0.889 bits per heavy atom. The van der Waals surface area contributed by atoms with Gasteiger partial charge in [-0.3, -0.25) is 4.98 Å². The van der Waals surface area contributed by atoms with E-state index in [4.69, 9.17) is 0 Å². The van der Waals surface area contributed by atoms with Crippen molar-refractivity contribution in [3.63, 3.8) is 0 Å². The van der Waals surface area contributed by atoms with E-state index in [1.807, 2.05) is 19.2 Å². The summed E-state index contributed by atoms with van der Waals surface area (Å²) < 4.78 is 0. The van der Waals surface area contributed by atoms with Crippen LogP contribution in [-0.2, 0) is 13.1 Å². The first kappa shape index (κ1) is 12.8. The standard InChI is InChI=1S/C16H20N2/c1-12-4-6-15(8-13(12)2)9-17-10-16-7-5-14(3)18-11-16/h4-8,11,17H,9-10H2,1-3H3. The third-order valence-electron chi connectivity index (χ3n) is 3.20. The number of pyridine rings is 1. The van der Waals surface area contributed by atoms with Gasteiger partial charge in [-0.2, -0.15) is 0 Å². The van der Waals surface area contributed by atoms with E-state index in [1.54, 1.807) is 0 Å². The molecule has 18 heavy (non-hydrogen) atoms. The van der Waals surface area contributed by atoms with E-state index in [1.165, 1.54) is 22.3 Å². The Morgan fingerprint density at radius 3 is 2.28 bits per heavy atom. The molecule has 0 aliphatic heterocycles. The van der Waals surface area contributed by atoms with Crippen LogP contribution in [0.3, 0.4) is 0 Å². The molecule has 0 saturated heterocycles. The number of hydrogen-bond acceptors (Lipinski definition) is 2. The molecule has 2 rings (SSSR count). The van der Waals surface area contributed by atoms with Gasteiger partial charge in [0.2, 0.25) is 0 Å². The molecule has 0 radical (unpaired) electrons. The van der Waals surface area contributed by atoms with Crippen molar-refractivity contribution in [1.82, 2.24) is 10.3 Å². The molecule has 0 amide bonds. The maximum Gasteiger partial charge on any atom is 0.0372 e. The van der Waals surface area contributed by atoms with E-state index < -0.39 is 0 Å². The number of nitrogens with one attached hydrogen (secondary N) is 1. The van der Waals surface area contributed by atoms with Gasteiger partial charge in [0.1, 0.15) is 0 Å². The van der Waals surface area contributed by atoms with Crippen LogP contribution >= 0.6 is 0 Å². The van der Waals surface area contributed by atoms with Crippen LogP contribution in [0.2, 0.25) is 0 Å². The van der Waals surface area contributed by atoms with Gasteiger partial charge in [-0.05, 0) is 49.1 Å². The molecule has 1 N–H and O–H groups in total. The minimum atomic E-state index is 0.861. The minimum absolute atomic E-state index is 0.861. The van der Waals surface area contributed by atoms with Gasteiger partial charge in [-0.25, -0.2) is 0 Å². The molecule has 0 saturated carbocycles. The lowest BCUT2D eigenvalue weighted by Gasteiger charge is -2.07. The van der Waals surface area contributed by atoms with Crippen LogP contribution < -0.4 is 5.32 Å². The van der Waals surface area contributed by atoms with Crippen LogP contribution in [0.25, 0.3) is 0 Å². The highest BCUT2D eigenvalue weighted by Gasteiger charge is 1.97. The predicted octanol–water partition coefficient (Wildman–Crippen LogP) is 3.30. The Morgan fingerprint density at radius 2 is 1.61 bits per heavy atom. The van der Waals surface area contributed by atoms with E-state index in [0.29, 0.717) is 0 Å². The summed E-state index contributed by atoms with van der Waals surface area (Å²) in [5, 5.41) is 3.44. The van der Waals surface area contributed by atoms with Gasteiger partial charge < -0.3 is 5.32 Å². The fourth-order valence-electron chi connectivity index (χ4n) is 1.87. The summed E-state index contributed by atoms with van der Waals surface area (Å²) >= 11 is 0. The molecule has 0 fully saturated rings. The molecule has 0 spiro atoms. The first-order valence-corrected chi connectivity index (χ1v) is 6.33. The average Bonchev–Trinajstić information content (AvgIpc) is 2.36. The molecule has 2 heteroatoms. The summed E-state index contributed by atoms with van der Waals surface area (Å²) in [4.78, 5) is 4.29. The average molecular weight is 240 g/mol. The summed E-state index contributed by atoms with van der Waals surface area (Å²) in [7, 11) is 0. The van der Waals surface area contributed by atoms with Gasteiger partial charge in [-0.15, -0.1) is 0 Å². The van der Waals surface area contributed by atoms with Crippen LogP contribution in [0.5, 0.6) is 0 Å². The zero-order valence-electron chi connectivity index (χ0n) is 11.3. The SMILES string of the molecule is Cc1ccc(CNCc2ccc(C)c(C)c2)cn1. The second-order valence-electron chi connectivity index (χ2n) is 4.83. The zero-order valence-corrected chi connectivity index (χ0v) is 11.3. The molecule has 0 bridgehead atoms. The summed E-state index contributed by atoms with van der Waals surface area (Å²) in [5.41, 5.74) is 6.32. The lowest BCUT2D eigenvalue weighted by molar-refractivity contribution is 0.690. The van der Waals surface area contributed by atoms with Gasteiger partial charge in [0.05, 0.1) is 0 Å². The van der Waals surface area contributed by atoms with Gasteiger partial charge in [0, 0.05) is 25.0 Å². The Labute approximate surface area is 109 Å². The van der Waals surface area contributed by atoms with Crippen molar-refractivity contribution in [1.29, 1.82) is 0 Å². The van der Waals surface area contributed by atoms with Crippen molar-refractivity contribution >= 4 is 0 Å². The third-order valence-corrected chi connectivity index (χ3v) is 3.20. The second-order valence-corrected chi connectivity index (χ2v) is 4.83. The summed E-state index contributed by atoms with van der Waals surface area (Å²) in [6.07, 6.45) is 1.93. The van der Waals surface area contributed by atoms with Gasteiger partial charge >= 0.3 is 0 Å². The Bertz CT molecular complexity index is 515. The fraction of sp³-hybridized carbons (Fsp3) is 0.312. The smallest absolute Gasteiger partial charge is 0.0372 e. The van der Waals surface area contributed by atoms with Crippen LogP contribution in [0.4, 0.5) is 0 Å². The largest absolute Gasteiger partial charge is 0.309 e. The maximum absolute atomic E-state index is 4.29. The van der Waals surface area contributed by atoms with Crippen LogP contribution in [-0.4, -0.2) is 4.98 Å². The topological polar surface area (TPSA) is 24.9 Å². The number of hydrogen-bond donors (Lipinski definition) is 1. The lowest BCUT2D eigenvalue weighted by atomic mass is 10.1. The zero-order chi connectivity index (χ0) is 13.0. The Kier molecular flexibility index (Phi) is 4.11. The Hall–Kier alpha value is -1.67. The number of benzene rings is 1. The normalized spacial score (nSPS) is 10.6. The maximum atomic E-state index is 4.29. The highest BCUT2D eigenvalue weighted by atomic mass is 14.8. The van der Waals surface area contributed by atoms with E-state index in [-0.39, 0.29) is 0 Å². The van der Waals surface area contributed by atoms with Gasteiger partial charge in [-0.1, -0.05) is 24.3 Å². The highest BCUT2D eigenvalue weighted by Crippen LogP contribution is 2.09. The number of aryl methyl sites for hydroxylation is 3. The predicted molar refractivity (Wildman–Crippen MR) is 75.4 cm³/mol. The Balaban J connectivity index is 1.88. The fourth-order valence-corrected chi connectivity index (χ4v) is 1.87. The second kappa shape index (κ2) is 5.78. The van der Waals surface area contributed by atoms with Crippen molar-refractivity contribution in [2.75, 3.05) is 0 Å². The molecule has 94 valence electrons. The van der Waals surface area contributed by atoms with Crippen molar-refractivity contribution in [3.05, 3.63) is 64.5 Å². The van der Waals surface area contributed by atoms with Crippen LogP contribution in [0.1, 0.15) is 27.9 Å². The molecule has 0 aliphatic rings. The summed E-state index contributed by atoms with van der Waals surface area (Å²) in [5.74, 6) is 0. The molecule has 0 aliphatic carbocycles. The molecule has 0 atom stereocenters. The third kappa shape index (κ3) is 3.41. The summed E-state index contributed by atoms with van der Waals surface area (Å²) in [6.45, 7) is 8.06. The molecular weight excluding hydrogens is 220 g/mol. The van der Waals surface area contributed by atoms with Gasteiger partial charge in [0.15, 0.2) is 0 Å². The molecule has 1 heterocycles. The molecule has 1 aromatic heterocycles. The molecule has 1 aromatic carbocycles. The highest BCUT2D eigenvalue weighted by molar-refractivity contribution is 5.29. The molecular formula is C16H20N2. The van der Waals surface area contributed by atoms with Crippen molar-refractivity contribution in [3.8, 4) is 0 Å². The van der Waals surface area contributed by atoms with Gasteiger partial charge in [0.25, 0.3) is 0 Å². The van der Waals surface area contributed by atoms with E-state index in [2.05, 4.69) is 48.4 Å². The lowest BCUT2D eigenvalue weighted by Crippen LogP contribution is -2.13. The number of rotatable bonds is 4.